The normalized spacial score (nSPS) is 12.4. The third-order valence-electron chi connectivity index (χ3n) is 6.00. The highest BCUT2D eigenvalue weighted by atomic mass is 16.6. The average molecular weight is 495 g/mol. The topological polar surface area (TPSA) is 72.8 Å². The van der Waals surface area contributed by atoms with E-state index < -0.39 is 6.10 Å². The van der Waals surface area contributed by atoms with E-state index in [0.717, 1.165) is 51.4 Å². The Morgan fingerprint density at radius 3 is 1.74 bits per heavy atom. The van der Waals surface area contributed by atoms with Gasteiger partial charge in [0.05, 0.1) is 6.61 Å². The minimum Gasteiger partial charge on any atom is -0.462 e. The summed E-state index contributed by atoms with van der Waals surface area (Å²) in [6, 6.07) is 0. The molecule has 1 atom stereocenters. The fourth-order valence-corrected chi connectivity index (χ4v) is 3.76. The summed E-state index contributed by atoms with van der Waals surface area (Å²) in [6.45, 7) is 4.00. The molecule has 35 heavy (non-hydrogen) atoms. The molecule has 0 bridgehead atoms. The summed E-state index contributed by atoms with van der Waals surface area (Å²) in [4.78, 5) is 23.8. The number of carbonyl (C=O) groups is 2. The van der Waals surface area contributed by atoms with E-state index in [4.69, 9.17) is 9.47 Å². The molecule has 5 heteroatoms. The zero-order valence-electron chi connectivity index (χ0n) is 22.8. The predicted molar refractivity (Wildman–Crippen MR) is 145 cm³/mol. The van der Waals surface area contributed by atoms with Crippen LogP contribution in [0, 0.1) is 0 Å². The highest BCUT2D eigenvalue weighted by Crippen LogP contribution is 2.10. The Hall–Kier alpha value is -1.62. The molecule has 0 aromatic carbocycles. The largest absolute Gasteiger partial charge is 0.462 e. The van der Waals surface area contributed by atoms with E-state index in [1.54, 1.807) is 0 Å². The van der Waals surface area contributed by atoms with Gasteiger partial charge in [-0.05, 0) is 44.9 Å². The van der Waals surface area contributed by atoms with E-state index in [2.05, 4.69) is 38.2 Å². The van der Waals surface area contributed by atoms with Gasteiger partial charge in [0, 0.05) is 12.8 Å². The number of esters is 2. The number of unbranched alkanes of at least 4 members (excludes halogenated alkanes) is 13. The first-order valence-electron chi connectivity index (χ1n) is 14.4. The third-order valence-corrected chi connectivity index (χ3v) is 6.00. The van der Waals surface area contributed by atoms with Gasteiger partial charge in [-0.1, -0.05) is 102 Å². The minimum absolute atomic E-state index is 0.0704. The van der Waals surface area contributed by atoms with Crippen molar-refractivity contribution in [3.63, 3.8) is 0 Å². The minimum atomic E-state index is -0.769. The van der Waals surface area contributed by atoms with Crippen LogP contribution in [-0.4, -0.2) is 36.4 Å². The van der Waals surface area contributed by atoms with E-state index in [0.29, 0.717) is 12.8 Å². The van der Waals surface area contributed by atoms with Crippen LogP contribution in [0.25, 0.3) is 0 Å². The maximum atomic E-state index is 12.0. The first-order chi connectivity index (χ1) is 17.1. The van der Waals surface area contributed by atoms with Crippen molar-refractivity contribution in [2.24, 2.45) is 0 Å². The Bertz CT molecular complexity index is 541. The molecular weight excluding hydrogens is 440 g/mol. The van der Waals surface area contributed by atoms with Crippen LogP contribution in [-0.2, 0) is 19.1 Å². The molecule has 5 nitrogen and oxygen atoms in total. The van der Waals surface area contributed by atoms with Crippen LogP contribution >= 0.6 is 0 Å². The van der Waals surface area contributed by atoms with Crippen molar-refractivity contribution in [1.82, 2.24) is 0 Å². The second kappa shape index (κ2) is 27.0. The predicted octanol–water partition coefficient (Wildman–Crippen LogP) is 8.00. The van der Waals surface area contributed by atoms with Gasteiger partial charge in [0.1, 0.15) is 6.61 Å². The Labute approximate surface area is 215 Å². The Morgan fingerprint density at radius 1 is 0.657 bits per heavy atom. The van der Waals surface area contributed by atoms with Gasteiger partial charge >= 0.3 is 11.9 Å². The van der Waals surface area contributed by atoms with Crippen LogP contribution < -0.4 is 0 Å². The molecule has 0 amide bonds. The number of rotatable bonds is 25. The number of hydrogen-bond acceptors (Lipinski definition) is 5. The zero-order valence-corrected chi connectivity index (χ0v) is 22.8. The second-order valence-corrected chi connectivity index (χ2v) is 9.48. The molecule has 0 aliphatic rings. The van der Waals surface area contributed by atoms with Crippen molar-refractivity contribution in [1.29, 1.82) is 0 Å². The van der Waals surface area contributed by atoms with Crippen molar-refractivity contribution in [3.8, 4) is 0 Å². The molecule has 0 saturated heterocycles. The SMILES string of the molecule is CCCCC/C=C\C/C=C\CCCCCCCC(=O)OC(CO)COC(=O)CCCCCCCC. The molecule has 0 radical (unpaired) electrons. The Morgan fingerprint density at radius 2 is 1.14 bits per heavy atom. The fraction of sp³-hybridized carbons (Fsp3) is 0.800. The van der Waals surface area contributed by atoms with Gasteiger partial charge < -0.3 is 14.6 Å². The summed E-state index contributed by atoms with van der Waals surface area (Å²) >= 11 is 0. The monoisotopic (exact) mass is 494 g/mol. The average Bonchev–Trinajstić information content (AvgIpc) is 2.86. The van der Waals surface area contributed by atoms with E-state index in [1.165, 1.54) is 57.8 Å². The van der Waals surface area contributed by atoms with Gasteiger partial charge in [0.15, 0.2) is 6.10 Å². The van der Waals surface area contributed by atoms with Crippen molar-refractivity contribution in [2.45, 2.75) is 142 Å². The fourth-order valence-electron chi connectivity index (χ4n) is 3.76. The lowest BCUT2D eigenvalue weighted by Crippen LogP contribution is -2.28. The first-order valence-corrected chi connectivity index (χ1v) is 14.4. The lowest BCUT2D eigenvalue weighted by molar-refractivity contribution is -0.161. The molecule has 0 aromatic heterocycles. The van der Waals surface area contributed by atoms with Gasteiger partial charge in [-0.2, -0.15) is 0 Å². The molecule has 1 unspecified atom stereocenters. The quantitative estimate of drug-likeness (QED) is 0.0790. The van der Waals surface area contributed by atoms with Crippen LogP contribution in [0.3, 0.4) is 0 Å². The Balaban J connectivity index is 3.63. The van der Waals surface area contributed by atoms with E-state index in [1.807, 2.05) is 0 Å². The molecule has 0 aliphatic heterocycles. The summed E-state index contributed by atoms with van der Waals surface area (Å²) in [5, 5.41) is 9.41. The molecule has 0 spiro atoms. The molecule has 0 aromatic rings. The van der Waals surface area contributed by atoms with Gasteiger partial charge in [-0.15, -0.1) is 0 Å². The lowest BCUT2D eigenvalue weighted by atomic mass is 10.1. The standard InChI is InChI=1S/C30H54O5/c1-3-5-7-9-11-12-13-14-15-16-17-18-19-21-23-25-30(33)35-28(26-31)27-34-29(32)24-22-20-10-8-6-4-2/h11-12,14-15,28,31H,3-10,13,16-27H2,1-2H3/b12-11-,15-14-. The number of ether oxygens (including phenoxy) is 2. The number of aliphatic hydroxyl groups excluding tert-OH is 1. The van der Waals surface area contributed by atoms with Crippen molar-refractivity contribution >= 4 is 11.9 Å². The molecule has 0 fully saturated rings. The Kier molecular flexibility index (Phi) is 25.7. The van der Waals surface area contributed by atoms with Crippen LogP contribution in [0.5, 0.6) is 0 Å². The molecule has 204 valence electrons. The van der Waals surface area contributed by atoms with Gasteiger partial charge in [-0.3, -0.25) is 9.59 Å². The smallest absolute Gasteiger partial charge is 0.306 e. The lowest BCUT2D eigenvalue weighted by Gasteiger charge is -2.15. The van der Waals surface area contributed by atoms with Crippen molar-refractivity contribution in [2.75, 3.05) is 13.2 Å². The van der Waals surface area contributed by atoms with E-state index in [-0.39, 0.29) is 25.2 Å². The maximum Gasteiger partial charge on any atom is 0.306 e. The van der Waals surface area contributed by atoms with Gasteiger partial charge in [0.2, 0.25) is 0 Å². The molecule has 0 saturated carbocycles. The van der Waals surface area contributed by atoms with Crippen LogP contribution in [0.4, 0.5) is 0 Å². The maximum absolute atomic E-state index is 12.0. The summed E-state index contributed by atoms with van der Waals surface area (Å²) in [5.41, 5.74) is 0. The third kappa shape index (κ3) is 25.3. The highest BCUT2D eigenvalue weighted by molar-refractivity contribution is 5.70. The van der Waals surface area contributed by atoms with Crippen molar-refractivity contribution < 1.29 is 24.2 Å². The molecule has 0 heterocycles. The first kappa shape index (κ1) is 33.4. The number of hydrogen-bond donors (Lipinski definition) is 1. The van der Waals surface area contributed by atoms with Crippen molar-refractivity contribution in [3.05, 3.63) is 24.3 Å². The highest BCUT2D eigenvalue weighted by Gasteiger charge is 2.16. The van der Waals surface area contributed by atoms with Gasteiger partial charge in [-0.25, -0.2) is 0 Å². The summed E-state index contributed by atoms with van der Waals surface area (Å²) in [6.07, 6.45) is 28.1. The van der Waals surface area contributed by atoms with E-state index in [9.17, 15) is 14.7 Å². The zero-order chi connectivity index (χ0) is 25.8. The van der Waals surface area contributed by atoms with Crippen LogP contribution in [0.2, 0.25) is 0 Å². The molecule has 0 aliphatic carbocycles. The van der Waals surface area contributed by atoms with Crippen LogP contribution in [0.15, 0.2) is 24.3 Å². The van der Waals surface area contributed by atoms with Crippen LogP contribution in [0.1, 0.15) is 136 Å². The number of allylic oxidation sites excluding steroid dienone is 4. The number of carbonyl (C=O) groups excluding carboxylic acids is 2. The molecule has 1 N–H and O–H groups in total. The summed E-state index contributed by atoms with van der Waals surface area (Å²) < 4.78 is 10.4. The molecule has 0 rings (SSSR count). The van der Waals surface area contributed by atoms with E-state index >= 15 is 0 Å². The second-order valence-electron chi connectivity index (χ2n) is 9.48. The summed E-state index contributed by atoms with van der Waals surface area (Å²) in [7, 11) is 0. The number of aliphatic hydroxyl groups is 1. The van der Waals surface area contributed by atoms with Gasteiger partial charge in [0.25, 0.3) is 0 Å². The summed E-state index contributed by atoms with van der Waals surface area (Å²) in [5.74, 6) is -0.620. The molecular formula is C30H54O5.